The Labute approximate surface area is 356 Å². The molecule has 0 fully saturated rings. The standard InChI is InChI=1S/C57H35N3S/c1-4-15-36(16-5-1)39-22-14-23-42(31-39)51-35-52(60-57(59-51)38-19-8-3-9-20-38)43-32-40-21-10-11-24-44(40)49(33-43)41-27-28-45-46-29-30-48-54(56(46)61-53(45)34-41)47-25-12-13-26-50(47)58-55(48)37-17-6-2-7-18-37/h1-35H. The van der Waals surface area contributed by atoms with E-state index in [1.807, 2.05) is 29.5 Å². The summed E-state index contributed by atoms with van der Waals surface area (Å²) in [6.07, 6.45) is 0. The Balaban J connectivity index is 1.04. The van der Waals surface area contributed by atoms with Crippen LogP contribution in [-0.2, 0) is 0 Å². The third-order valence-corrected chi connectivity index (χ3v) is 13.0. The van der Waals surface area contributed by atoms with Crippen LogP contribution in [0.1, 0.15) is 0 Å². The molecule has 0 saturated heterocycles. The maximum Gasteiger partial charge on any atom is 0.160 e. The largest absolute Gasteiger partial charge is 0.247 e. The van der Waals surface area contributed by atoms with E-state index in [9.17, 15) is 0 Å². The maximum absolute atomic E-state index is 5.27. The van der Waals surface area contributed by atoms with Crippen LogP contribution in [0.25, 0.3) is 120 Å². The van der Waals surface area contributed by atoms with E-state index >= 15 is 0 Å². The van der Waals surface area contributed by atoms with Crippen molar-refractivity contribution in [2.24, 2.45) is 0 Å². The van der Waals surface area contributed by atoms with E-state index in [-0.39, 0.29) is 0 Å². The molecule has 3 aromatic heterocycles. The number of hydrogen-bond donors (Lipinski definition) is 0. The van der Waals surface area contributed by atoms with Gasteiger partial charge in [0.15, 0.2) is 5.82 Å². The first-order valence-electron chi connectivity index (χ1n) is 20.6. The van der Waals surface area contributed by atoms with Gasteiger partial charge in [-0.05, 0) is 69.4 Å². The van der Waals surface area contributed by atoms with Gasteiger partial charge in [-0.2, -0.15) is 0 Å². The molecule has 0 aliphatic carbocycles. The highest BCUT2D eigenvalue weighted by molar-refractivity contribution is 7.26. The quantitative estimate of drug-likeness (QED) is 0.157. The smallest absolute Gasteiger partial charge is 0.160 e. The van der Waals surface area contributed by atoms with E-state index in [0.29, 0.717) is 5.82 Å². The Kier molecular flexibility index (Phi) is 8.36. The minimum Gasteiger partial charge on any atom is -0.247 e. The van der Waals surface area contributed by atoms with Crippen molar-refractivity contribution in [1.29, 1.82) is 0 Å². The van der Waals surface area contributed by atoms with Crippen LogP contribution in [0.15, 0.2) is 212 Å². The fourth-order valence-corrected chi connectivity index (χ4v) is 10.2. The lowest BCUT2D eigenvalue weighted by Gasteiger charge is -2.14. The Morgan fingerprint density at radius 1 is 0.328 bits per heavy atom. The molecule has 0 amide bonds. The number of benzene rings is 9. The molecule has 0 saturated carbocycles. The van der Waals surface area contributed by atoms with Gasteiger partial charge in [0.25, 0.3) is 0 Å². The van der Waals surface area contributed by atoms with Crippen LogP contribution in [0.5, 0.6) is 0 Å². The Hall–Kier alpha value is -7.79. The van der Waals surface area contributed by atoms with Gasteiger partial charge in [-0.15, -0.1) is 11.3 Å². The van der Waals surface area contributed by atoms with Crippen molar-refractivity contribution in [1.82, 2.24) is 15.0 Å². The van der Waals surface area contributed by atoms with Crippen LogP contribution in [0.3, 0.4) is 0 Å². The lowest BCUT2D eigenvalue weighted by Crippen LogP contribution is -1.96. The van der Waals surface area contributed by atoms with Crippen molar-refractivity contribution in [2.75, 3.05) is 0 Å². The number of hydrogen-bond acceptors (Lipinski definition) is 4. The third kappa shape index (κ3) is 6.16. The summed E-state index contributed by atoms with van der Waals surface area (Å²) in [7, 11) is 0. The summed E-state index contributed by atoms with van der Waals surface area (Å²) >= 11 is 1.87. The zero-order chi connectivity index (χ0) is 40.3. The second-order valence-corrected chi connectivity index (χ2v) is 16.6. The Bertz CT molecular complexity index is 3630. The Morgan fingerprint density at radius 3 is 1.75 bits per heavy atom. The zero-order valence-corrected chi connectivity index (χ0v) is 33.8. The van der Waals surface area contributed by atoms with Gasteiger partial charge < -0.3 is 0 Å². The van der Waals surface area contributed by atoms with E-state index in [2.05, 4.69) is 194 Å². The number of fused-ring (bicyclic) bond motifs is 8. The van der Waals surface area contributed by atoms with Gasteiger partial charge in [-0.1, -0.05) is 176 Å². The molecule has 0 aliphatic rings. The lowest BCUT2D eigenvalue weighted by molar-refractivity contribution is 1.18. The number of rotatable bonds is 6. The SMILES string of the molecule is c1ccc(-c2cccc(-c3cc(-c4cc(-c5ccc6c(c5)sc5c6ccc6c(-c7ccccc7)nc7ccccc7c65)c5ccccc5c4)nc(-c4ccccc4)n3)c2)cc1. The number of para-hydroxylation sites is 1. The molecule has 0 aliphatic heterocycles. The highest BCUT2D eigenvalue weighted by atomic mass is 32.1. The molecule has 3 nitrogen and oxygen atoms in total. The van der Waals surface area contributed by atoms with Crippen molar-refractivity contribution >= 4 is 64.0 Å². The predicted octanol–water partition coefficient (Wildman–Crippen LogP) is 15.7. The van der Waals surface area contributed by atoms with E-state index < -0.39 is 0 Å². The van der Waals surface area contributed by atoms with Crippen LogP contribution in [0, 0.1) is 0 Å². The third-order valence-electron chi connectivity index (χ3n) is 11.8. The molecule has 61 heavy (non-hydrogen) atoms. The molecule has 0 spiro atoms. The first kappa shape index (κ1) is 35.2. The molecular weight excluding hydrogens is 759 g/mol. The van der Waals surface area contributed by atoms with E-state index in [4.69, 9.17) is 15.0 Å². The molecule has 9 aromatic carbocycles. The van der Waals surface area contributed by atoms with Crippen molar-refractivity contribution in [3.05, 3.63) is 212 Å². The van der Waals surface area contributed by atoms with Crippen LogP contribution < -0.4 is 0 Å². The average Bonchev–Trinajstić information content (AvgIpc) is 3.72. The zero-order valence-electron chi connectivity index (χ0n) is 33.0. The van der Waals surface area contributed by atoms with Crippen LogP contribution >= 0.6 is 11.3 Å². The topological polar surface area (TPSA) is 38.7 Å². The molecule has 0 atom stereocenters. The summed E-state index contributed by atoms with van der Waals surface area (Å²) < 4.78 is 2.54. The average molecular weight is 794 g/mol. The normalized spacial score (nSPS) is 11.6. The Morgan fingerprint density at radius 2 is 0.951 bits per heavy atom. The molecule has 0 unspecified atom stereocenters. The summed E-state index contributed by atoms with van der Waals surface area (Å²) in [5, 5.41) is 8.52. The summed E-state index contributed by atoms with van der Waals surface area (Å²) in [5.41, 5.74) is 12.7. The van der Waals surface area contributed by atoms with Crippen LogP contribution in [0.2, 0.25) is 0 Å². The minimum absolute atomic E-state index is 0.699. The van der Waals surface area contributed by atoms with Crippen molar-refractivity contribution in [3.63, 3.8) is 0 Å². The summed E-state index contributed by atoms with van der Waals surface area (Å²) in [4.78, 5) is 15.7. The summed E-state index contributed by atoms with van der Waals surface area (Å²) in [6, 6.07) is 75.5. The van der Waals surface area contributed by atoms with E-state index in [0.717, 1.165) is 55.8 Å². The van der Waals surface area contributed by atoms with Gasteiger partial charge in [0.2, 0.25) is 0 Å². The molecular formula is C57H35N3S. The van der Waals surface area contributed by atoms with Crippen molar-refractivity contribution in [2.45, 2.75) is 0 Å². The second-order valence-electron chi connectivity index (χ2n) is 15.5. The van der Waals surface area contributed by atoms with Crippen LogP contribution in [0.4, 0.5) is 0 Å². The first-order chi connectivity index (χ1) is 30.2. The van der Waals surface area contributed by atoms with Crippen molar-refractivity contribution in [3.8, 4) is 67.4 Å². The number of aromatic nitrogens is 3. The van der Waals surface area contributed by atoms with Gasteiger partial charge in [0, 0.05) is 58.6 Å². The fraction of sp³-hybridized carbons (Fsp3) is 0. The molecule has 284 valence electrons. The minimum atomic E-state index is 0.699. The van der Waals surface area contributed by atoms with Crippen LogP contribution in [-0.4, -0.2) is 15.0 Å². The molecule has 0 bridgehead atoms. The van der Waals surface area contributed by atoms with Gasteiger partial charge in [-0.25, -0.2) is 15.0 Å². The number of pyridine rings is 1. The number of thiophene rings is 1. The maximum atomic E-state index is 5.27. The number of nitrogens with zero attached hydrogens (tertiary/aromatic N) is 3. The molecule has 0 N–H and O–H groups in total. The fourth-order valence-electron chi connectivity index (χ4n) is 8.90. The van der Waals surface area contributed by atoms with E-state index in [1.54, 1.807) is 0 Å². The molecule has 3 heterocycles. The highest BCUT2D eigenvalue weighted by Gasteiger charge is 2.18. The van der Waals surface area contributed by atoms with Gasteiger partial charge in [0.1, 0.15) is 0 Å². The first-order valence-corrected chi connectivity index (χ1v) is 21.4. The predicted molar refractivity (Wildman–Crippen MR) is 258 cm³/mol. The van der Waals surface area contributed by atoms with Gasteiger partial charge in [-0.3, -0.25) is 0 Å². The summed E-state index contributed by atoms with van der Waals surface area (Å²) in [6.45, 7) is 0. The van der Waals surface area contributed by atoms with Gasteiger partial charge in [0.05, 0.1) is 22.6 Å². The monoisotopic (exact) mass is 793 g/mol. The van der Waals surface area contributed by atoms with Crippen molar-refractivity contribution < 1.29 is 0 Å². The summed E-state index contributed by atoms with van der Waals surface area (Å²) in [5.74, 6) is 0.699. The molecule has 12 rings (SSSR count). The molecule has 12 aromatic rings. The second kappa shape index (κ2) is 14.5. The lowest BCUT2D eigenvalue weighted by atomic mass is 9.93. The molecule has 4 heteroatoms. The highest BCUT2D eigenvalue weighted by Crippen LogP contribution is 2.45. The van der Waals surface area contributed by atoms with Gasteiger partial charge >= 0.3 is 0 Å². The molecule has 0 radical (unpaired) electrons. The van der Waals surface area contributed by atoms with E-state index in [1.165, 1.54) is 58.4 Å².